The Labute approximate surface area is 163 Å². The molecule has 0 saturated heterocycles. The summed E-state index contributed by atoms with van der Waals surface area (Å²) in [5.41, 5.74) is 11.1. The lowest BCUT2D eigenvalue weighted by Crippen LogP contribution is -2.07. The zero-order valence-electron chi connectivity index (χ0n) is 17.8. The average molecular weight is 382 g/mol. The first kappa shape index (κ1) is 21.1. The Morgan fingerprint density at radius 2 is 1.15 bits per heavy atom. The standard InChI is InChI=1S/C24H32P2/c1-15-10-17(3)21(18(4)11-15)14-25-23(26-24(7,8)9)22-19(5)12-16(2)13-20(22)6/h10-14H,1-9H3. The molecule has 0 nitrogen and oxygen atoms in total. The molecule has 0 fully saturated rings. The van der Waals surface area contributed by atoms with Crippen LogP contribution in [0.15, 0.2) is 24.3 Å². The minimum Gasteiger partial charge on any atom is -0.0847 e. The van der Waals surface area contributed by atoms with Gasteiger partial charge >= 0.3 is 0 Å². The third kappa shape index (κ3) is 5.39. The van der Waals surface area contributed by atoms with Crippen LogP contribution in [0.5, 0.6) is 0 Å². The van der Waals surface area contributed by atoms with E-state index in [-0.39, 0.29) is 5.16 Å². The molecule has 26 heavy (non-hydrogen) atoms. The summed E-state index contributed by atoms with van der Waals surface area (Å²) in [6.45, 7) is 20.3. The summed E-state index contributed by atoms with van der Waals surface area (Å²) in [5.74, 6) is 2.41. The van der Waals surface area contributed by atoms with E-state index in [9.17, 15) is 0 Å². The van der Waals surface area contributed by atoms with Gasteiger partial charge in [-0.1, -0.05) is 72.6 Å². The third-order valence-corrected chi connectivity index (χ3v) is 7.00. The molecular formula is C24H32P2. The Hall–Kier alpha value is -1.22. The topological polar surface area (TPSA) is 0 Å². The van der Waals surface area contributed by atoms with Gasteiger partial charge in [0.15, 0.2) is 0 Å². The summed E-state index contributed by atoms with van der Waals surface area (Å²) in [6, 6.07) is 9.21. The van der Waals surface area contributed by atoms with Crippen molar-refractivity contribution < 1.29 is 0 Å². The van der Waals surface area contributed by atoms with Crippen molar-refractivity contribution in [3.8, 4) is 0 Å². The van der Waals surface area contributed by atoms with Crippen molar-refractivity contribution in [3.63, 3.8) is 0 Å². The van der Waals surface area contributed by atoms with Crippen molar-refractivity contribution >= 4 is 27.2 Å². The first-order valence-electron chi connectivity index (χ1n) is 9.28. The van der Waals surface area contributed by atoms with Crippen LogP contribution in [-0.2, 0) is 0 Å². The van der Waals surface area contributed by atoms with E-state index in [1.807, 2.05) is 0 Å². The van der Waals surface area contributed by atoms with Crippen LogP contribution in [0, 0.1) is 41.5 Å². The lowest BCUT2D eigenvalue weighted by Gasteiger charge is -2.17. The molecule has 0 aliphatic heterocycles. The van der Waals surface area contributed by atoms with Gasteiger partial charge in [0.05, 0.1) is 0 Å². The number of hydrogen-bond acceptors (Lipinski definition) is 0. The monoisotopic (exact) mass is 382 g/mol. The first-order chi connectivity index (χ1) is 12.0. The van der Waals surface area contributed by atoms with Crippen LogP contribution in [0.3, 0.4) is 0 Å². The largest absolute Gasteiger partial charge is 0.0847 e. The Bertz CT molecular complexity index is 832. The van der Waals surface area contributed by atoms with E-state index in [0.29, 0.717) is 0 Å². The molecule has 0 radical (unpaired) electrons. The lowest BCUT2D eigenvalue weighted by molar-refractivity contribution is 0.802. The molecule has 2 heteroatoms. The van der Waals surface area contributed by atoms with Gasteiger partial charge < -0.3 is 0 Å². The van der Waals surface area contributed by atoms with Crippen LogP contribution in [-0.4, -0.2) is 16.0 Å². The molecule has 0 bridgehead atoms. The predicted molar refractivity (Wildman–Crippen MR) is 124 cm³/mol. The normalized spacial score (nSPS) is 12.9. The van der Waals surface area contributed by atoms with E-state index in [2.05, 4.69) is 92.4 Å². The minimum atomic E-state index is 0.247. The van der Waals surface area contributed by atoms with Gasteiger partial charge in [-0.25, -0.2) is 0 Å². The van der Waals surface area contributed by atoms with Gasteiger partial charge in [0.25, 0.3) is 0 Å². The minimum absolute atomic E-state index is 0.247. The zero-order valence-corrected chi connectivity index (χ0v) is 19.6. The second-order valence-electron chi connectivity index (χ2n) is 8.45. The molecule has 0 aliphatic carbocycles. The second-order valence-corrected chi connectivity index (χ2v) is 11.8. The molecule has 0 amide bonds. The molecule has 0 saturated carbocycles. The summed E-state index contributed by atoms with van der Waals surface area (Å²) in [5, 5.41) is 1.75. The van der Waals surface area contributed by atoms with E-state index in [4.69, 9.17) is 0 Å². The van der Waals surface area contributed by atoms with Crippen molar-refractivity contribution in [2.45, 2.75) is 67.5 Å². The van der Waals surface area contributed by atoms with Gasteiger partial charge in [-0.05, 0) is 80.7 Å². The van der Waals surface area contributed by atoms with Crippen LogP contribution in [0.4, 0.5) is 0 Å². The Morgan fingerprint density at radius 1 is 0.731 bits per heavy atom. The fourth-order valence-electron chi connectivity index (χ4n) is 3.52. The summed E-state index contributed by atoms with van der Waals surface area (Å²) in [7, 11) is 2.71. The zero-order chi connectivity index (χ0) is 19.6. The van der Waals surface area contributed by atoms with Crippen molar-refractivity contribution in [3.05, 3.63) is 68.8 Å². The summed E-state index contributed by atoms with van der Waals surface area (Å²) in [4.78, 5) is 0. The van der Waals surface area contributed by atoms with E-state index in [1.165, 1.54) is 66.0 Å². The molecule has 2 aromatic carbocycles. The summed E-state index contributed by atoms with van der Waals surface area (Å²) < 4.78 is 0. The van der Waals surface area contributed by atoms with Crippen LogP contribution < -0.4 is 0 Å². The molecule has 0 N–H and O–H groups in total. The van der Waals surface area contributed by atoms with Crippen molar-refractivity contribution in [1.82, 2.24) is 0 Å². The van der Waals surface area contributed by atoms with Crippen LogP contribution in [0.25, 0.3) is 0 Å². The maximum atomic E-state index is 2.41. The number of aryl methyl sites for hydroxylation is 6. The van der Waals surface area contributed by atoms with E-state index < -0.39 is 0 Å². The van der Waals surface area contributed by atoms with E-state index in [0.717, 1.165) is 0 Å². The molecule has 0 spiro atoms. The van der Waals surface area contributed by atoms with Crippen molar-refractivity contribution in [1.29, 1.82) is 0 Å². The molecular weight excluding hydrogens is 350 g/mol. The highest BCUT2D eigenvalue weighted by Gasteiger charge is 2.14. The Kier molecular flexibility index (Phi) is 6.65. The van der Waals surface area contributed by atoms with Crippen molar-refractivity contribution in [2.24, 2.45) is 0 Å². The Morgan fingerprint density at radius 3 is 1.58 bits per heavy atom. The maximum absolute atomic E-state index is 2.41. The molecule has 2 rings (SSSR count). The van der Waals surface area contributed by atoms with Gasteiger partial charge in [-0.15, -0.1) is 0 Å². The highest BCUT2D eigenvalue weighted by atomic mass is 31.1. The maximum Gasteiger partial charge on any atom is 0.0331 e. The van der Waals surface area contributed by atoms with Crippen LogP contribution in [0.2, 0.25) is 0 Å². The smallest absolute Gasteiger partial charge is 0.0331 e. The summed E-state index contributed by atoms with van der Waals surface area (Å²) in [6.07, 6.45) is 0. The molecule has 0 heterocycles. The quantitative estimate of drug-likeness (QED) is 0.481. The van der Waals surface area contributed by atoms with E-state index >= 15 is 0 Å². The second kappa shape index (κ2) is 8.21. The first-order valence-corrected chi connectivity index (χ1v) is 11.1. The fourth-order valence-corrected chi connectivity index (χ4v) is 7.06. The van der Waals surface area contributed by atoms with Gasteiger partial charge in [0.1, 0.15) is 0 Å². The lowest BCUT2D eigenvalue weighted by atomic mass is 10.0. The molecule has 2 aromatic rings. The highest BCUT2D eigenvalue weighted by Crippen LogP contribution is 2.33. The van der Waals surface area contributed by atoms with Crippen molar-refractivity contribution in [2.75, 3.05) is 0 Å². The fraction of sp³-hybridized carbons (Fsp3) is 0.417. The average Bonchev–Trinajstić information content (AvgIpc) is 2.42. The van der Waals surface area contributed by atoms with Gasteiger partial charge in [0, 0.05) is 10.2 Å². The van der Waals surface area contributed by atoms with Gasteiger partial charge in [-0.2, -0.15) is 0 Å². The molecule has 0 aliphatic rings. The summed E-state index contributed by atoms with van der Waals surface area (Å²) >= 11 is 0. The van der Waals surface area contributed by atoms with Gasteiger partial charge in [0.2, 0.25) is 0 Å². The number of rotatable bonds is 3. The molecule has 138 valence electrons. The van der Waals surface area contributed by atoms with Gasteiger partial charge in [-0.3, -0.25) is 0 Å². The molecule has 0 atom stereocenters. The number of benzene rings is 2. The predicted octanol–water partition coefficient (Wildman–Crippen LogP) is 7.56. The molecule has 0 aromatic heterocycles. The molecule has 0 unspecified atom stereocenters. The number of hydrogen-bond donors (Lipinski definition) is 0. The SMILES string of the molecule is Cc1cc(C)c(C=PC(=PC(C)(C)C)c2c(C)cc(C)cc2C)c(C)c1. The van der Waals surface area contributed by atoms with Crippen LogP contribution in [0.1, 0.15) is 65.3 Å². The van der Waals surface area contributed by atoms with E-state index in [1.54, 1.807) is 0 Å². The Balaban J connectivity index is 2.61. The third-order valence-electron chi connectivity index (χ3n) is 4.40. The van der Waals surface area contributed by atoms with Crippen LogP contribution >= 0.6 is 16.4 Å². The highest BCUT2D eigenvalue weighted by molar-refractivity contribution is 7.74.